The van der Waals surface area contributed by atoms with Crippen molar-refractivity contribution < 1.29 is 19.1 Å². The summed E-state index contributed by atoms with van der Waals surface area (Å²) >= 11 is 0. The Bertz CT molecular complexity index is 686. The molecule has 4 atom stereocenters. The number of aliphatic hydroxyl groups is 1. The molecule has 1 aromatic rings. The Hall–Kier alpha value is -1.55. The van der Waals surface area contributed by atoms with Crippen LogP contribution in [0.4, 0.5) is 0 Å². The van der Waals surface area contributed by atoms with Gasteiger partial charge in [-0.05, 0) is 57.1 Å². The van der Waals surface area contributed by atoms with Gasteiger partial charge in [-0.25, -0.2) is 4.79 Å². The summed E-state index contributed by atoms with van der Waals surface area (Å²) in [7, 11) is 0. The zero-order chi connectivity index (χ0) is 17.7. The van der Waals surface area contributed by atoms with Crippen LogP contribution in [0.3, 0.4) is 0 Å². The van der Waals surface area contributed by atoms with E-state index in [1.807, 2.05) is 6.92 Å². The van der Waals surface area contributed by atoms with Gasteiger partial charge in [-0.1, -0.05) is 19.9 Å². The Morgan fingerprint density at radius 3 is 2.79 bits per heavy atom. The lowest BCUT2D eigenvalue weighted by molar-refractivity contribution is -0.218. The number of hydrogen-bond acceptors (Lipinski definition) is 4. The van der Waals surface area contributed by atoms with Crippen molar-refractivity contribution in [3.63, 3.8) is 0 Å². The molecule has 0 bridgehead atoms. The molecule has 0 aliphatic heterocycles. The maximum Gasteiger partial charge on any atom is 0.333 e. The fourth-order valence-corrected chi connectivity index (χ4v) is 4.41. The Kier molecular flexibility index (Phi) is 4.15. The summed E-state index contributed by atoms with van der Waals surface area (Å²) in [4.78, 5) is 12.3. The van der Waals surface area contributed by atoms with Crippen LogP contribution in [0.1, 0.15) is 57.4 Å². The van der Waals surface area contributed by atoms with Crippen molar-refractivity contribution in [2.75, 3.05) is 0 Å². The number of carbonyl (C=O) groups is 1. The Labute approximate surface area is 143 Å². The summed E-state index contributed by atoms with van der Waals surface area (Å²) in [5.41, 5.74) is 1.51. The van der Waals surface area contributed by atoms with Gasteiger partial charge in [0.2, 0.25) is 0 Å². The van der Waals surface area contributed by atoms with Crippen LogP contribution in [0.15, 0.2) is 22.3 Å². The highest BCUT2D eigenvalue weighted by molar-refractivity contribution is 5.87. The van der Waals surface area contributed by atoms with Gasteiger partial charge in [-0.3, -0.25) is 0 Å². The maximum atomic E-state index is 12.3. The molecule has 2 aliphatic carbocycles. The van der Waals surface area contributed by atoms with E-state index in [0.29, 0.717) is 24.3 Å². The Morgan fingerprint density at radius 1 is 1.42 bits per heavy atom. The molecule has 4 heteroatoms. The molecule has 0 amide bonds. The highest BCUT2D eigenvalue weighted by atomic mass is 16.6. The molecule has 24 heavy (non-hydrogen) atoms. The molecule has 0 saturated heterocycles. The number of hydrogen-bond donors (Lipinski definition) is 1. The number of ether oxygens (including phenoxy) is 1. The van der Waals surface area contributed by atoms with Gasteiger partial charge in [-0.2, -0.15) is 0 Å². The van der Waals surface area contributed by atoms with Crippen LogP contribution >= 0.6 is 0 Å². The highest BCUT2D eigenvalue weighted by Gasteiger charge is 2.61. The first kappa shape index (κ1) is 17.3. The van der Waals surface area contributed by atoms with Crippen molar-refractivity contribution in [1.29, 1.82) is 0 Å². The largest absolute Gasteiger partial charge is 0.469 e. The van der Waals surface area contributed by atoms with Crippen LogP contribution < -0.4 is 0 Å². The predicted octanol–water partition coefficient (Wildman–Crippen LogP) is 3.73. The number of fused-ring (bicyclic) bond motifs is 2. The molecule has 0 unspecified atom stereocenters. The number of aryl methyl sites for hydroxylation is 1. The van der Waals surface area contributed by atoms with E-state index < -0.39 is 11.7 Å². The zero-order valence-electron chi connectivity index (χ0n) is 15.3. The van der Waals surface area contributed by atoms with Crippen LogP contribution in [0.2, 0.25) is 0 Å². The smallest absolute Gasteiger partial charge is 0.333 e. The molecule has 1 fully saturated rings. The quantitative estimate of drug-likeness (QED) is 0.662. The third-order valence-corrected chi connectivity index (χ3v) is 6.64. The molecular formula is C20H28O4. The van der Waals surface area contributed by atoms with Gasteiger partial charge in [0.1, 0.15) is 17.5 Å². The SMILES string of the molecule is CC=C(C)C(=O)O[C@H]1CC[C@@H](C)[C@@]2(C)Cc3c(C)coc3C[C@@]12O. The number of esters is 1. The Balaban J connectivity index is 1.99. The summed E-state index contributed by atoms with van der Waals surface area (Å²) in [5, 5.41) is 11.7. The predicted molar refractivity (Wildman–Crippen MR) is 91.6 cm³/mol. The van der Waals surface area contributed by atoms with E-state index in [-0.39, 0.29) is 11.4 Å². The standard InChI is InChI=1S/C20H28O4/c1-6-12(2)18(21)24-17-8-7-14(4)19(5)9-15-13(3)11-23-16(15)10-20(17,19)22/h6,11,14,17,22H,7-10H2,1-5H3/t14-,17+,19-,20-/m1/s1. The maximum absolute atomic E-state index is 12.3. The highest BCUT2D eigenvalue weighted by Crippen LogP contribution is 2.55. The van der Waals surface area contributed by atoms with Crippen molar-refractivity contribution in [1.82, 2.24) is 0 Å². The van der Waals surface area contributed by atoms with E-state index in [2.05, 4.69) is 20.8 Å². The molecule has 1 N–H and O–H groups in total. The summed E-state index contributed by atoms with van der Waals surface area (Å²) in [6, 6.07) is 0. The molecule has 3 rings (SSSR count). The third kappa shape index (κ3) is 2.34. The van der Waals surface area contributed by atoms with Crippen LogP contribution in [-0.2, 0) is 22.4 Å². The first-order valence-corrected chi connectivity index (χ1v) is 8.85. The lowest BCUT2D eigenvalue weighted by Gasteiger charge is -2.57. The Morgan fingerprint density at radius 2 is 2.12 bits per heavy atom. The van der Waals surface area contributed by atoms with Gasteiger partial charge >= 0.3 is 5.97 Å². The second-order valence-electron chi connectivity index (χ2n) is 7.86. The van der Waals surface area contributed by atoms with E-state index in [0.717, 1.165) is 24.2 Å². The van der Waals surface area contributed by atoms with E-state index in [4.69, 9.17) is 9.15 Å². The minimum Gasteiger partial charge on any atom is -0.469 e. The fourth-order valence-electron chi connectivity index (χ4n) is 4.41. The lowest BCUT2D eigenvalue weighted by Crippen LogP contribution is -2.65. The molecule has 0 aromatic carbocycles. The van der Waals surface area contributed by atoms with Crippen LogP contribution in [0.25, 0.3) is 0 Å². The minimum atomic E-state index is -1.09. The molecule has 0 spiro atoms. The number of furan rings is 1. The van der Waals surface area contributed by atoms with Crippen molar-refractivity contribution in [2.24, 2.45) is 11.3 Å². The average Bonchev–Trinajstić information content (AvgIpc) is 2.89. The molecule has 0 radical (unpaired) electrons. The average molecular weight is 332 g/mol. The zero-order valence-corrected chi connectivity index (χ0v) is 15.3. The topological polar surface area (TPSA) is 59.7 Å². The molecule has 132 valence electrons. The summed E-state index contributed by atoms with van der Waals surface area (Å²) in [6.07, 6.45) is 5.81. The van der Waals surface area contributed by atoms with Gasteiger partial charge in [0.05, 0.1) is 6.26 Å². The molecular weight excluding hydrogens is 304 g/mol. The van der Waals surface area contributed by atoms with Crippen molar-refractivity contribution in [2.45, 2.75) is 72.0 Å². The first-order chi connectivity index (χ1) is 11.2. The number of carbonyl (C=O) groups excluding carboxylic acids is 1. The summed E-state index contributed by atoms with van der Waals surface area (Å²) in [6.45, 7) is 9.94. The monoisotopic (exact) mass is 332 g/mol. The van der Waals surface area contributed by atoms with E-state index in [9.17, 15) is 9.90 Å². The molecule has 4 nitrogen and oxygen atoms in total. The third-order valence-electron chi connectivity index (χ3n) is 6.64. The summed E-state index contributed by atoms with van der Waals surface area (Å²) < 4.78 is 11.4. The molecule has 2 aliphatic rings. The van der Waals surface area contributed by atoms with Gasteiger partial charge < -0.3 is 14.3 Å². The first-order valence-electron chi connectivity index (χ1n) is 8.85. The normalized spacial score (nSPS) is 36.0. The van der Waals surface area contributed by atoms with Crippen LogP contribution in [0, 0.1) is 18.3 Å². The van der Waals surface area contributed by atoms with E-state index in [1.54, 1.807) is 19.3 Å². The second kappa shape index (κ2) is 5.76. The molecule has 1 aromatic heterocycles. The fraction of sp³-hybridized carbons (Fsp3) is 0.650. The van der Waals surface area contributed by atoms with Gasteiger partial charge in [-0.15, -0.1) is 0 Å². The lowest BCUT2D eigenvalue weighted by atomic mass is 9.52. The number of allylic oxidation sites excluding steroid dienone is 1. The van der Waals surface area contributed by atoms with E-state index in [1.165, 1.54) is 5.56 Å². The molecule has 1 saturated carbocycles. The van der Waals surface area contributed by atoms with Gasteiger partial charge in [0.25, 0.3) is 0 Å². The van der Waals surface area contributed by atoms with Crippen molar-refractivity contribution >= 4 is 5.97 Å². The van der Waals surface area contributed by atoms with Crippen LogP contribution in [-0.4, -0.2) is 22.8 Å². The number of rotatable bonds is 2. The van der Waals surface area contributed by atoms with Crippen molar-refractivity contribution in [3.8, 4) is 0 Å². The summed E-state index contributed by atoms with van der Waals surface area (Å²) in [5.74, 6) is 0.849. The molecule has 1 heterocycles. The minimum absolute atomic E-state index is 0.332. The second-order valence-corrected chi connectivity index (χ2v) is 7.86. The van der Waals surface area contributed by atoms with Crippen molar-refractivity contribution in [3.05, 3.63) is 34.8 Å². The van der Waals surface area contributed by atoms with E-state index >= 15 is 0 Å². The van der Waals surface area contributed by atoms with Crippen LogP contribution in [0.5, 0.6) is 0 Å². The van der Waals surface area contributed by atoms with Gasteiger partial charge in [0.15, 0.2) is 0 Å². The van der Waals surface area contributed by atoms with Gasteiger partial charge in [0, 0.05) is 17.4 Å².